The Balaban J connectivity index is 1.36. The van der Waals surface area contributed by atoms with E-state index in [2.05, 4.69) is 35.4 Å². The molecule has 0 aromatic carbocycles. The predicted molar refractivity (Wildman–Crippen MR) is 100 cm³/mol. The van der Waals surface area contributed by atoms with Gasteiger partial charge >= 0.3 is 0 Å². The molecule has 3 aromatic heterocycles. The van der Waals surface area contributed by atoms with Gasteiger partial charge in [0.05, 0.1) is 11.9 Å². The summed E-state index contributed by atoms with van der Waals surface area (Å²) in [4.78, 5) is 15.1. The SMILES string of the molecule is c1ccc(Nc2ccc(C[C@@H]3CCCN(c4cnccn4)C3)nn2)nc1. The van der Waals surface area contributed by atoms with Crippen molar-refractivity contribution in [2.45, 2.75) is 19.3 Å². The monoisotopic (exact) mass is 347 g/mol. The molecule has 1 fully saturated rings. The van der Waals surface area contributed by atoms with Crippen molar-refractivity contribution in [1.29, 1.82) is 0 Å². The molecular weight excluding hydrogens is 326 g/mol. The van der Waals surface area contributed by atoms with E-state index in [9.17, 15) is 0 Å². The van der Waals surface area contributed by atoms with E-state index in [1.165, 1.54) is 6.42 Å². The van der Waals surface area contributed by atoms with Gasteiger partial charge in [0, 0.05) is 31.7 Å². The van der Waals surface area contributed by atoms with E-state index in [0.29, 0.717) is 11.7 Å². The van der Waals surface area contributed by atoms with Gasteiger partial charge in [-0.3, -0.25) is 4.98 Å². The number of rotatable bonds is 5. The van der Waals surface area contributed by atoms with E-state index in [-0.39, 0.29) is 0 Å². The minimum absolute atomic E-state index is 0.551. The zero-order chi connectivity index (χ0) is 17.6. The number of hydrogen-bond donors (Lipinski definition) is 1. The van der Waals surface area contributed by atoms with Crippen LogP contribution >= 0.6 is 0 Å². The molecule has 7 heteroatoms. The lowest BCUT2D eigenvalue weighted by molar-refractivity contribution is 0.407. The number of anilines is 3. The molecule has 26 heavy (non-hydrogen) atoms. The van der Waals surface area contributed by atoms with Crippen molar-refractivity contribution in [1.82, 2.24) is 25.1 Å². The number of aromatic nitrogens is 5. The zero-order valence-corrected chi connectivity index (χ0v) is 14.5. The standard InChI is InChI=1S/C19H21N7/c1-2-8-21-17(5-1)23-18-7-6-16(24-25-18)12-15-4-3-11-26(14-15)19-13-20-9-10-22-19/h1-2,5-10,13,15H,3-4,11-12,14H2,(H,21,23,25)/t15-/m0/s1. The van der Waals surface area contributed by atoms with Gasteiger partial charge in [0.2, 0.25) is 0 Å². The Morgan fingerprint density at radius 3 is 2.77 bits per heavy atom. The van der Waals surface area contributed by atoms with Crippen LogP contribution in [0.1, 0.15) is 18.5 Å². The van der Waals surface area contributed by atoms with E-state index in [1.54, 1.807) is 18.6 Å². The van der Waals surface area contributed by atoms with E-state index in [0.717, 1.165) is 43.3 Å². The fraction of sp³-hybridized carbons (Fsp3) is 0.316. The van der Waals surface area contributed by atoms with Crippen LogP contribution in [0.5, 0.6) is 0 Å². The van der Waals surface area contributed by atoms with Crippen LogP contribution in [0.2, 0.25) is 0 Å². The average Bonchev–Trinajstić information content (AvgIpc) is 2.71. The normalized spacial score (nSPS) is 17.1. The van der Waals surface area contributed by atoms with Crippen molar-refractivity contribution in [2.75, 3.05) is 23.3 Å². The lowest BCUT2D eigenvalue weighted by Crippen LogP contribution is -2.36. The third-order valence-electron chi connectivity index (χ3n) is 4.53. The van der Waals surface area contributed by atoms with Gasteiger partial charge in [-0.15, -0.1) is 5.10 Å². The summed E-state index contributed by atoms with van der Waals surface area (Å²) in [5, 5.41) is 11.8. The second kappa shape index (κ2) is 7.86. The highest BCUT2D eigenvalue weighted by Crippen LogP contribution is 2.23. The Bertz CT molecular complexity index is 808. The predicted octanol–water partition coefficient (Wildman–Crippen LogP) is 2.86. The van der Waals surface area contributed by atoms with Crippen LogP contribution in [0, 0.1) is 5.92 Å². The molecule has 0 radical (unpaired) electrons. The molecule has 1 atom stereocenters. The molecule has 1 aliphatic heterocycles. The molecule has 7 nitrogen and oxygen atoms in total. The Labute approximate surface area is 152 Å². The van der Waals surface area contributed by atoms with E-state index < -0.39 is 0 Å². The topological polar surface area (TPSA) is 79.7 Å². The lowest BCUT2D eigenvalue weighted by Gasteiger charge is -2.33. The molecule has 132 valence electrons. The molecule has 1 N–H and O–H groups in total. The Morgan fingerprint density at radius 1 is 1.00 bits per heavy atom. The third kappa shape index (κ3) is 4.11. The maximum absolute atomic E-state index is 4.42. The van der Waals surface area contributed by atoms with Crippen LogP contribution in [0.15, 0.2) is 55.1 Å². The molecule has 4 rings (SSSR count). The Kier molecular flexibility index (Phi) is 4.95. The molecular formula is C19H21N7. The summed E-state index contributed by atoms with van der Waals surface area (Å²) in [5.41, 5.74) is 1.02. The second-order valence-corrected chi connectivity index (χ2v) is 6.47. The van der Waals surface area contributed by atoms with Crippen LogP contribution in [0.4, 0.5) is 17.5 Å². The van der Waals surface area contributed by atoms with Crippen LogP contribution in [0.25, 0.3) is 0 Å². The molecule has 0 bridgehead atoms. The highest BCUT2D eigenvalue weighted by molar-refractivity contribution is 5.50. The van der Waals surface area contributed by atoms with Crippen molar-refractivity contribution in [3.8, 4) is 0 Å². The number of nitrogens with zero attached hydrogens (tertiary/aromatic N) is 6. The largest absolute Gasteiger partial charge is 0.355 e. The molecule has 0 saturated carbocycles. The number of piperidine rings is 1. The number of hydrogen-bond acceptors (Lipinski definition) is 7. The van der Waals surface area contributed by atoms with E-state index >= 15 is 0 Å². The van der Waals surface area contributed by atoms with Gasteiger partial charge < -0.3 is 10.2 Å². The van der Waals surface area contributed by atoms with Crippen molar-refractivity contribution in [3.63, 3.8) is 0 Å². The van der Waals surface area contributed by atoms with Crippen LogP contribution in [-0.4, -0.2) is 38.2 Å². The fourth-order valence-electron chi connectivity index (χ4n) is 3.29. The second-order valence-electron chi connectivity index (χ2n) is 6.47. The maximum Gasteiger partial charge on any atom is 0.154 e. The van der Waals surface area contributed by atoms with Crippen molar-refractivity contribution >= 4 is 17.5 Å². The first-order chi connectivity index (χ1) is 12.9. The highest BCUT2D eigenvalue weighted by Gasteiger charge is 2.21. The lowest BCUT2D eigenvalue weighted by atomic mass is 9.93. The van der Waals surface area contributed by atoms with Gasteiger partial charge in [-0.2, -0.15) is 5.10 Å². The minimum Gasteiger partial charge on any atom is -0.355 e. The molecule has 0 amide bonds. The molecule has 0 unspecified atom stereocenters. The first kappa shape index (κ1) is 16.4. The summed E-state index contributed by atoms with van der Waals surface area (Å²) in [7, 11) is 0. The Hall–Kier alpha value is -3.09. The Morgan fingerprint density at radius 2 is 2.00 bits per heavy atom. The molecule has 0 aliphatic carbocycles. The highest BCUT2D eigenvalue weighted by atomic mass is 15.2. The van der Waals surface area contributed by atoms with Gasteiger partial charge in [-0.25, -0.2) is 9.97 Å². The van der Waals surface area contributed by atoms with Crippen molar-refractivity contribution in [2.24, 2.45) is 5.92 Å². The van der Waals surface area contributed by atoms with Gasteiger partial charge in [-0.1, -0.05) is 6.07 Å². The van der Waals surface area contributed by atoms with Crippen molar-refractivity contribution < 1.29 is 0 Å². The minimum atomic E-state index is 0.551. The van der Waals surface area contributed by atoms with E-state index in [1.807, 2.05) is 36.5 Å². The molecule has 0 spiro atoms. The van der Waals surface area contributed by atoms with Gasteiger partial charge in [-0.05, 0) is 49.4 Å². The number of pyridine rings is 1. The summed E-state index contributed by atoms with van der Waals surface area (Å²) >= 11 is 0. The van der Waals surface area contributed by atoms with Crippen LogP contribution < -0.4 is 10.2 Å². The molecule has 4 heterocycles. The van der Waals surface area contributed by atoms with Gasteiger partial charge in [0.1, 0.15) is 11.6 Å². The van der Waals surface area contributed by atoms with Crippen molar-refractivity contribution in [3.05, 3.63) is 60.8 Å². The van der Waals surface area contributed by atoms with Gasteiger partial charge in [0.25, 0.3) is 0 Å². The van der Waals surface area contributed by atoms with Crippen LogP contribution in [-0.2, 0) is 6.42 Å². The maximum atomic E-state index is 4.42. The summed E-state index contributed by atoms with van der Waals surface area (Å²) in [6.07, 6.45) is 10.3. The first-order valence-corrected chi connectivity index (χ1v) is 8.88. The van der Waals surface area contributed by atoms with Gasteiger partial charge in [0.15, 0.2) is 5.82 Å². The molecule has 1 aliphatic rings. The number of nitrogens with one attached hydrogen (secondary N) is 1. The first-order valence-electron chi connectivity index (χ1n) is 8.88. The summed E-state index contributed by atoms with van der Waals surface area (Å²) in [6.45, 7) is 2.02. The summed E-state index contributed by atoms with van der Waals surface area (Å²) < 4.78 is 0. The molecule has 3 aromatic rings. The molecule has 1 saturated heterocycles. The average molecular weight is 347 g/mol. The summed E-state index contributed by atoms with van der Waals surface area (Å²) in [6, 6.07) is 9.72. The third-order valence-corrected chi connectivity index (χ3v) is 4.53. The zero-order valence-electron chi connectivity index (χ0n) is 14.5. The summed E-state index contributed by atoms with van der Waals surface area (Å²) in [5.74, 6) is 2.98. The van der Waals surface area contributed by atoms with E-state index in [4.69, 9.17) is 0 Å². The quantitative estimate of drug-likeness (QED) is 0.760. The smallest absolute Gasteiger partial charge is 0.154 e. The fourth-order valence-corrected chi connectivity index (χ4v) is 3.29. The van der Waals surface area contributed by atoms with Crippen LogP contribution in [0.3, 0.4) is 0 Å².